The van der Waals surface area contributed by atoms with Crippen LogP contribution >= 0.6 is 0 Å². The molecule has 4 atom stereocenters. The lowest BCUT2D eigenvalue weighted by Gasteiger charge is -2.56. The van der Waals surface area contributed by atoms with E-state index in [0.717, 1.165) is 26.1 Å². The van der Waals surface area contributed by atoms with Gasteiger partial charge in [0, 0.05) is 37.1 Å². The van der Waals surface area contributed by atoms with Crippen molar-refractivity contribution in [3.8, 4) is 0 Å². The van der Waals surface area contributed by atoms with E-state index in [1.165, 1.54) is 51.6 Å². The number of rotatable bonds is 5. The molecule has 2 N–H and O–H groups in total. The molecule has 2 heterocycles. The second kappa shape index (κ2) is 6.83. The molecule has 4 aliphatic rings. The van der Waals surface area contributed by atoms with E-state index in [-0.39, 0.29) is 11.4 Å². The Labute approximate surface area is 145 Å². The molecule has 0 unspecified atom stereocenters. The van der Waals surface area contributed by atoms with E-state index in [4.69, 9.17) is 4.74 Å². The summed E-state index contributed by atoms with van der Waals surface area (Å²) in [6.07, 6.45) is 9.01. The molecule has 2 saturated carbocycles. The summed E-state index contributed by atoms with van der Waals surface area (Å²) in [5, 5.41) is 6.49. The summed E-state index contributed by atoms with van der Waals surface area (Å²) in [6.45, 7) is 7.45. The zero-order chi connectivity index (χ0) is 16.6. The highest BCUT2D eigenvalue weighted by atomic mass is 16.5. The number of nitrogens with zero attached hydrogens (tertiary/aromatic N) is 1. The average Bonchev–Trinajstić information content (AvgIpc) is 3.30. The lowest BCUT2D eigenvalue weighted by atomic mass is 9.54. The Balaban J connectivity index is 1.26. The molecular weight excluding hydrogens is 302 g/mol. The topological polar surface area (TPSA) is 53.6 Å². The van der Waals surface area contributed by atoms with Crippen LogP contribution < -0.4 is 10.6 Å². The predicted molar refractivity (Wildman–Crippen MR) is 93.9 cm³/mol. The Morgan fingerprint density at radius 3 is 2.92 bits per heavy atom. The molecule has 1 spiro atoms. The second-order valence-corrected chi connectivity index (χ2v) is 8.47. The molecule has 0 aromatic carbocycles. The van der Waals surface area contributed by atoms with Gasteiger partial charge in [0.1, 0.15) is 0 Å². The molecular formula is C19H33N3O2. The molecule has 0 radical (unpaired) electrons. The third-order valence-electron chi connectivity index (χ3n) is 7.03. The summed E-state index contributed by atoms with van der Waals surface area (Å²) in [4.78, 5) is 15.0. The molecule has 0 aromatic heterocycles. The largest absolute Gasteiger partial charge is 0.377 e. The van der Waals surface area contributed by atoms with Gasteiger partial charge in [-0.2, -0.15) is 0 Å². The van der Waals surface area contributed by atoms with E-state index in [1.54, 1.807) is 0 Å². The van der Waals surface area contributed by atoms with Gasteiger partial charge >= 0.3 is 6.03 Å². The van der Waals surface area contributed by atoms with Crippen LogP contribution in [0.15, 0.2) is 0 Å². The van der Waals surface area contributed by atoms with E-state index < -0.39 is 0 Å². The van der Waals surface area contributed by atoms with Crippen LogP contribution in [0.3, 0.4) is 0 Å². The van der Waals surface area contributed by atoms with E-state index >= 15 is 0 Å². The maximum atomic E-state index is 12.5. The molecule has 5 nitrogen and oxygen atoms in total. The van der Waals surface area contributed by atoms with Crippen LogP contribution in [0.5, 0.6) is 0 Å². The number of likely N-dealkylation sites (tertiary alicyclic amines) is 1. The van der Waals surface area contributed by atoms with Crippen molar-refractivity contribution in [2.24, 2.45) is 17.3 Å². The Kier molecular flexibility index (Phi) is 4.74. The maximum Gasteiger partial charge on any atom is 0.315 e. The molecule has 4 rings (SSSR count). The Hall–Kier alpha value is -0.810. The SMILES string of the molecule is CCCN1CC[C@@H](CNC(=O)N[C@@H]2[C@@H]3CCO[C@@H]3C23CCCC3)C1. The van der Waals surface area contributed by atoms with Gasteiger partial charge in [-0.3, -0.25) is 0 Å². The fraction of sp³-hybridized carbons (Fsp3) is 0.947. The first kappa shape index (κ1) is 16.6. The van der Waals surface area contributed by atoms with Crippen LogP contribution in [-0.4, -0.2) is 55.9 Å². The highest BCUT2D eigenvalue weighted by Gasteiger charge is 2.65. The van der Waals surface area contributed by atoms with Crippen molar-refractivity contribution in [2.45, 2.75) is 64.0 Å². The summed E-state index contributed by atoms with van der Waals surface area (Å²) in [5.74, 6) is 1.17. The molecule has 2 aliphatic heterocycles. The van der Waals surface area contributed by atoms with Gasteiger partial charge in [-0.25, -0.2) is 4.79 Å². The number of urea groups is 1. The fourth-order valence-electron chi connectivity index (χ4n) is 5.93. The highest BCUT2D eigenvalue weighted by molar-refractivity contribution is 5.74. The summed E-state index contributed by atoms with van der Waals surface area (Å²) in [7, 11) is 0. The molecule has 2 saturated heterocycles. The monoisotopic (exact) mass is 335 g/mol. The number of carbonyl (C=O) groups is 1. The number of amides is 2. The average molecular weight is 335 g/mol. The normalized spacial score (nSPS) is 37.4. The van der Waals surface area contributed by atoms with Gasteiger partial charge in [0.05, 0.1) is 6.10 Å². The maximum absolute atomic E-state index is 12.5. The quantitative estimate of drug-likeness (QED) is 0.811. The van der Waals surface area contributed by atoms with E-state index in [0.29, 0.717) is 24.0 Å². The number of ether oxygens (including phenoxy) is 1. The smallest absolute Gasteiger partial charge is 0.315 e. The number of fused-ring (bicyclic) bond motifs is 2. The third-order valence-corrected chi connectivity index (χ3v) is 7.03. The predicted octanol–water partition coefficient (Wildman–Crippen LogP) is 2.37. The second-order valence-electron chi connectivity index (χ2n) is 8.47. The van der Waals surface area contributed by atoms with Crippen molar-refractivity contribution < 1.29 is 9.53 Å². The molecule has 2 amide bonds. The van der Waals surface area contributed by atoms with E-state index in [2.05, 4.69) is 22.5 Å². The highest BCUT2D eigenvalue weighted by Crippen LogP contribution is 2.60. The number of hydrogen-bond donors (Lipinski definition) is 2. The Morgan fingerprint density at radius 2 is 2.12 bits per heavy atom. The van der Waals surface area contributed by atoms with E-state index in [1.807, 2.05) is 0 Å². The van der Waals surface area contributed by atoms with Gasteiger partial charge in [-0.1, -0.05) is 19.8 Å². The van der Waals surface area contributed by atoms with Gasteiger partial charge in [0.15, 0.2) is 0 Å². The van der Waals surface area contributed by atoms with E-state index in [9.17, 15) is 4.79 Å². The van der Waals surface area contributed by atoms with Crippen molar-refractivity contribution in [2.75, 3.05) is 32.8 Å². The van der Waals surface area contributed by atoms with Crippen LogP contribution in [0.25, 0.3) is 0 Å². The zero-order valence-electron chi connectivity index (χ0n) is 15.1. The first-order valence-electron chi connectivity index (χ1n) is 10.1. The van der Waals surface area contributed by atoms with Crippen LogP contribution in [0.1, 0.15) is 51.9 Å². The number of nitrogens with one attached hydrogen (secondary N) is 2. The standard InChI is InChI=1S/C19H33N3O2/c1-2-9-22-10-5-14(13-22)12-20-18(23)21-16-15-6-11-24-17(15)19(16)7-3-4-8-19/h14-17H,2-13H2,1H3,(H2,20,21,23)/t14-,15-,16+,17-/m0/s1. The minimum atomic E-state index is 0.0468. The first-order chi connectivity index (χ1) is 11.7. The van der Waals surface area contributed by atoms with Gasteiger partial charge in [-0.15, -0.1) is 0 Å². The minimum absolute atomic E-state index is 0.0468. The van der Waals surface area contributed by atoms with Crippen molar-refractivity contribution in [1.82, 2.24) is 15.5 Å². The van der Waals surface area contributed by atoms with Crippen LogP contribution in [0.2, 0.25) is 0 Å². The molecule has 5 heteroatoms. The van der Waals surface area contributed by atoms with Crippen molar-refractivity contribution in [3.05, 3.63) is 0 Å². The van der Waals surface area contributed by atoms with Gasteiger partial charge in [0.25, 0.3) is 0 Å². The first-order valence-corrected chi connectivity index (χ1v) is 10.1. The minimum Gasteiger partial charge on any atom is -0.377 e. The number of carbonyl (C=O) groups excluding carboxylic acids is 1. The van der Waals surface area contributed by atoms with Crippen LogP contribution in [0, 0.1) is 17.3 Å². The molecule has 24 heavy (non-hydrogen) atoms. The summed E-state index contributed by atoms with van der Waals surface area (Å²) < 4.78 is 6.00. The number of hydrogen-bond acceptors (Lipinski definition) is 3. The third kappa shape index (κ3) is 2.84. The molecule has 136 valence electrons. The lowest BCUT2D eigenvalue weighted by molar-refractivity contribution is -0.126. The van der Waals surface area contributed by atoms with Gasteiger partial charge in [-0.05, 0) is 51.1 Å². The van der Waals surface area contributed by atoms with Gasteiger partial charge in [0.2, 0.25) is 0 Å². The summed E-state index contributed by atoms with van der Waals surface area (Å²) in [5.41, 5.74) is 0.254. The zero-order valence-corrected chi connectivity index (χ0v) is 15.1. The van der Waals surface area contributed by atoms with Crippen molar-refractivity contribution in [3.63, 3.8) is 0 Å². The van der Waals surface area contributed by atoms with Crippen LogP contribution in [0.4, 0.5) is 4.79 Å². The Morgan fingerprint density at radius 1 is 1.29 bits per heavy atom. The fourth-order valence-corrected chi connectivity index (χ4v) is 5.93. The van der Waals surface area contributed by atoms with Crippen LogP contribution in [-0.2, 0) is 4.74 Å². The Bertz CT molecular complexity index is 464. The molecule has 0 aromatic rings. The lowest BCUT2D eigenvalue weighted by Crippen LogP contribution is -2.69. The van der Waals surface area contributed by atoms with Gasteiger partial charge < -0.3 is 20.3 Å². The summed E-state index contributed by atoms with van der Waals surface area (Å²) >= 11 is 0. The van der Waals surface area contributed by atoms with Crippen molar-refractivity contribution in [1.29, 1.82) is 0 Å². The molecule has 2 aliphatic carbocycles. The molecule has 4 fully saturated rings. The van der Waals surface area contributed by atoms with Crippen molar-refractivity contribution >= 4 is 6.03 Å². The molecule has 0 bridgehead atoms. The summed E-state index contributed by atoms with van der Waals surface area (Å²) in [6, 6.07) is 0.387.